The number of nitrogens with one attached hydrogen (secondary N) is 1. The molecule has 1 heterocycles. The van der Waals surface area contributed by atoms with Gasteiger partial charge in [0.15, 0.2) is 0 Å². The molecule has 0 spiro atoms. The summed E-state index contributed by atoms with van der Waals surface area (Å²) in [5.74, 6) is -0.796. The summed E-state index contributed by atoms with van der Waals surface area (Å²) in [5.41, 5.74) is 2.26. The lowest BCUT2D eigenvalue weighted by atomic mass is 10.1. The van der Waals surface area contributed by atoms with Crippen LogP contribution in [0.15, 0.2) is 76.0 Å². The molecular formula is C22H21N3O4S3. The van der Waals surface area contributed by atoms with Gasteiger partial charge in [0.05, 0.1) is 9.80 Å². The maximum absolute atomic E-state index is 12.9. The van der Waals surface area contributed by atoms with Gasteiger partial charge in [-0.1, -0.05) is 60.4 Å². The number of hydrogen-bond acceptors (Lipinski definition) is 6. The van der Waals surface area contributed by atoms with Crippen molar-refractivity contribution >= 4 is 61.9 Å². The quantitative estimate of drug-likeness (QED) is 0.477. The van der Waals surface area contributed by atoms with Gasteiger partial charge in [-0.05, 0) is 55.3 Å². The van der Waals surface area contributed by atoms with Crippen LogP contribution in [0.1, 0.15) is 19.4 Å². The average molecular weight is 488 g/mol. The number of nitrogens with two attached hydrogens (primary N) is 1. The number of benzene rings is 2. The first-order valence-corrected chi connectivity index (χ1v) is 12.3. The first kappa shape index (κ1) is 23.9. The monoisotopic (exact) mass is 487 g/mol. The van der Waals surface area contributed by atoms with Crippen LogP contribution >= 0.6 is 24.0 Å². The molecule has 0 aliphatic carbocycles. The third-order valence-electron chi connectivity index (χ3n) is 4.59. The molecule has 0 aromatic heterocycles. The SMILES string of the molecule is CC(/C=C1\SC(=S)N(C(C)C(=O)Nc2ccc(S(N)(=O)=O)cc2)C1=O)=C\c1ccccc1. The van der Waals surface area contributed by atoms with Crippen LogP contribution in [0, 0.1) is 0 Å². The zero-order valence-corrected chi connectivity index (χ0v) is 19.8. The maximum atomic E-state index is 12.9. The lowest BCUT2D eigenvalue weighted by Crippen LogP contribution is -2.44. The number of hydrogen-bond donors (Lipinski definition) is 2. The second kappa shape index (κ2) is 9.78. The summed E-state index contributed by atoms with van der Waals surface area (Å²) in [4.78, 5) is 27.3. The Morgan fingerprint density at radius 3 is 2.38 bits per heavy atom. The molecule has 1 atom stereocenters. The van der Waals surface area contributed by atoms with E-state index in [1.54, 1.807) is 13.0 Å². The van der Waals surface area contributed by atoms with Crippen molar-refractivity contribution in [1.29, 1.82) is 0 Å². The van der Waals surface area contributed by atoms with Crippen molar-refractivity contribution in [2.75, 3.05) is 5.32 Å². The van der Waals surface area contributed by atoms with Crippen molar-refractivity contribution in [3.05, 3.63) is 76.7 Å². The Kier molecular flexibility index (Phi) is 7.29. The van der Waals surface area contributed by atoms with Crippen LogP contribution in [-0.4, -0.2) is 35.5 Å². The highest BCUT2D eigenvalue weighted by molar-refractivity contribution is 8.26. The van der Waals surface area contributed by atoms with E-state index in [4.69, 9.17) is 17.4 Å². The number of thioether (sulfide) groups is 1. The summed E-state index contributed by atoms with van der Waals surface area (Å²) in [5, 5.41) is 7.73. The molecule has 7 nitrogen and oxygen atoms in total. The highest BCUT2D eigenvalue weighted by Gasteiger charge is 2.38. The van der Waals surface area contributed by atoms with Gasteiger partial charge >= 0.3 is 0 Å². The van der Waals surface area contributed by atoms with Crippen molar-refractivity contribution in [1.82, 2.24) is 4.90 Å². The van der Waals surface area contributed by atoms with E-state index < -0.39 is 22.0 Å². The molecule has 3 N–H and O–H groups in total. The molecule has 2 amide bonds. The van der Waals surface area contributed by atoms with Crippen molar-refractivity contribution < 1.29 is 18.0 Å². The molecule has 1 unspecified atom stereocenters. The molecule has 0 saturated carbocycles. The second-order valence-electron chi connectivity index (χ2n) is 7.09. The summed E-state index contributed by atoms with van der Waals surface area (Å²) >= 11 is 6.49. The molecule has 1 aliphatic rings. The van der Waals surface area contributed by atoms with E-state index in [-0.39, 0.29) is 10.8 Å². The maximum Gasteiger partial charge on any atom is 0.266 e. The molecule has 3 rings (SSSR count). The van der Waals surface area contributed by atoms with Crippen molar-refractivity contribution in [3.63, 3.8) is 0 Å². The fourth-order valence-electron chi connectivity index (χ4n) is 2.97. The van der Waals surface area contributed by atoms with Crippen LogP contribution in [0.2, 0.25) is 0 Å². The van der Waals surface area contributed by atoms with Crippen LogP contribution in [0.3, 0.4) is 0 Å². The molecule has 1 aliphatic heterocycles. The van der Waals surface area contributed by atoms with E-state index in [0.29, 0.717) is 14.9 Å². The van der Waals surface area contributed by atoms with Gasteiger partial charge in [0, 0.05) is 5.69 Å². The topological polar surface area (TPSA) is 110 Å². The Labute approximate surface area is 196 Å². The number of sulfonamides is 1. The van der Waals surface area contributed by atoms with E-state index >= 15 is 0 Å². The molecule has 1 saturated heterocycles. The third kappa shape index (κ3) is 5.71. The predicted molar refractivity (Wildman–Crippen MR) is 131 cm³/mol. The second-order valence-corrected chi connectivity index (χ2v) is 10.3. The lowest BCUT2D eigenvalue weighted by molar-refractivity contribution is -0.129. The standard InChI is InChI=1S/C22H21N3O4S3/c1-14(12-16-6-4-3-5-7-16)13-19-21(27)25(22(30)31-19)15(2)20(26)24-17-8-10-18(11-9-17)32(23,28)29/h3-13,15H,1-2H3,(H,24,26)(H2,23,28,29)/b14-12+,19-13-. The summed E-state index contributed by atoms with van der Waals surface area (Å²) in [6.07, 6.45) is 3.71. The van der Waals surface area contributed by atoms with Gasteiger partial charge in [0.2, 0.25) is 15.9 Å². The highest BCUT2D eigenvalue weighted by Crippen LogP contribution is 2.33. The van der Waals surface area contributed by atoms with Crippen LogP contribution in [0.4, 0.5) is 5.69 Å². The molecule has 0 bridgehead atoms. The summed E-state index contributed by atoms with van der Waals surface area (Å²) < 4.78 is 23.0. The van der Waals surface area contributed by atoms with Crippen LogP contribution in [-0.2, 0) is 19.6 Å². The zero-order chi connectivity index (χ0) is 23.5. The van der Waals surface area contributed by atoms with E-state index in [0.717, 1.165) is 22.9 Å². The van der Waals surface area contributed by atoms with Crippen molar-refractivity contribution in [2.45, 2.75) is 24.8 Å². The normalized spacial score (nSPS) is 17.0. The Bertz CT molecular complexity index is 1220. The van der Waals surface area contributed by atoms with Gasteiger partial charge in [-0.25, -0.2) is 13.6 Å². The molecular weight excluding hydrogens is 466 g/mol. The molecule has 2 aromatic carbocycles. The van der Waals surface area contributed by atoms with Crippen LogP contribution < -0.4 is 10.5 Å². The molecule has 166 valence electrons. The number of amides is 2. The van der Waals surface area contributed by atoms with E-state index in [1.165, 1.54) is 29.2 Å². The van der Waals surface area contributed by atoms with E-state index in [9.17, 15) is 18.0 Å². The first-order valence-electron chi connectivity index (χ1n) is 9.50. The zero-order valence-electron chi connectivity index (χ0n) is 17.3. The lowest BCUT2D eigenvalue weighted by Gasteiger charge is -2.22. The molecule has 2 aromatic rings. The predicted octanol–water partition coefficient (Wildman–Crippen LogP) is 3.51. The van der Waals surface area contributed by atoms with Crippen LogP contribution in [0.25, 0.3) is 6.08 Å². The number of anilines is 1. The van der Waals surface area contributed by atoms with Gasteiger partial charge in [-0.2, -0.15) is 0 Å². The van der Waals surface area contributed by atoms with Gasteiger partial charge in [0.1, 0.15) is 10.4 Å². The largest absolute Gasteiger partial charge is 0.324 e. The fraction of sp³-hybridized carbons (Fsp3) is 0.136. The number of rotatable bonds is 6. The van der Waals surface area contributed by atoms with E-state index in [1.807, 2.05) is 43.3 Å². The van der Waals surface area contributed by atoms with Gasteiger partial charge in [-0.3, -0.25) is 14.5 Å². The van der Waals surface area contributed by atoms with Crippen molar-refractivity contribution in [3.8, 4) is 0 Å². The summed E-state index contributed by atoms with van der Waals surface area (Å²) in [7, 11) is -3.82. The fourth-order valence-corrected chi connectivity index (χ4v) is 4.95. The Balaban J connectivity index is 1.72. The summed E-state index contributed by atoms with van der Waals surface area (Å²) in [6.45, 7) is 3.47. The smallest absolute Gasteiger partial charge is 0.266 e. The first-order chi connectivity index (χ1) is 15.1. The van der Waals surface area contributed by atoms with Crippen molar-refractivity contribution in [2.24, 2.45) is 5.14 Å². The number of carbonyl (C=O) groups is 2. The molecule has 1 fully saturated rings. The third-order valence-corrected chi connectivity index (χ3v) is 6.85. The Hall–Kier alpha value is -2.79. The van der Waals surface area contributed by atoms with Gasteiger partial charge in [0.25, 0.3) is 5.91 Å². The number of nitrogens with zero attached hydrogens (tertiary/aromatic N) is 1. The van der Waals surface area contributed by atoms with Gasteiger partial charge < -0.3 is 5.32 Å². The minimum atomic E-state index is -3.82. The molecule has 0 radical (unpaired) electrons. The average Bonchev–Trinajstić information content (AvgIpc) is 3.00. The van der Waals surface area contributed by atoms with E-state index in [2.05, 4.69) is 5.32 Å². The molecule has 10 heteroatoms. The Morgan fingerprint density at radius 1 is 1.16 bits per heavy atom. The Morgan fingerprint density at radius 2 is 1.78 bits per heavy atom. The minimum Gasteiger partial charge on any atom is -0.324 e. The number of allylic oxidation sites excluding steroid dienone is 2. The highest BCUT2D eigenvalue weighted by atomic mass is 32.2. The summed E-state index contributed by atoms with van der Waals surface area (Å²) in [6, 6.07) is 14.3. The minimum absolute atomic E-state index is 0.0652. The number of carbonyl (C=O) groups excluding carboxylic acids is 2. The van der Waals surface area contributed by atoms with Crippen LogP contribution in [0.5, 0.6) is 0 Å². The van der Waals surface area contributed by atoms with Gasteiger partial charge in [-0.15, -0.1) is 0 Å². The number of thiocarbonyl (C=S) groups is 1. The molecule has 32 heavy (non-hydrogen) atoms. The number of primary sulfonamides is 1.